The number of hydrogen-bond acceptors (Lipinski definition) is 8. The average Bonchev–Trinajstić information content (AvgIpc) is 3.72. The molecule has 4 heterocycles. The van der Waals surface area contributed by atoms with Crippen LogP contribution in [0.1, 0.15) is 0 Å². The highest BCUT2D eigenvalue weighted by Crippen LogP contribution is 2.34. The Balaban J connectivity index is 1.06. The third-order valence-electron chi connectivity index (χ3n) is 6.49. The number of nitrogens with zero attached hydrogens (tertiary/aromatic N) is 4. The van der Waals surface area contributed by atoms with Gasteiger partial charge in [-0.3, -0.25) is 0 Å². The number of rotatable bonds is 5. The van der Waals surface area contributed by atoms with E-state index in [0.717, 1.165) is 63.9 Å². The van der Waals surface area contributed by atoms with Crippen molar-refractivity contribution in [2.45, 2.75) is 0 Å². The normalized spacial score (nSPS) is 11.8. The molecule has 40 heavy (non-hydrogen) atoms. The smallest absolute Gasteiger partial charge is 0.207 e. The Morgan fingerprint density at radius 3 is 1.50 bits per heavy atom. The summed E-state index contributed by atoms with van der Waals surface area (Å²) in [5.41, 5.74) is 7.23. The zero-order valence-corrected chi connectivity index (χ0v) is 23.4. The number of benzene rings is 4. The first kappa shape index (κ1) is 23.6. The molecule has 0 amide bonds. The highest BCUT2D eigenvalue weighted by atomic mass is 35.5. The Hall–Kier alpha value is -4.22. The van der Waals surface area contributed by atoms with Gasteiger partial charge in [-0.25, -0.2) is 19.9 Å². The first-order valence-corrected chi connectivity index (χ1v) is 14.6. The van der Waals surface area contributed by atoms with Gasteiger partial charge in [0.05, 0.1) is 41.5 Å². The molecular formula is C28H16Cl2N8S2. The van der Waals surface area contributed by atoms with E-state index >= 15 is 0 Å². The molecule has 12 heteroatoms. The van der Waals surface area contributed by atoms with Gasteiger partial charge in [-0.05, 0) is 59.7 Å². The first-order chi connectivity index (χ1) is 19.6. The van der Waals surface area contributed by atoms with Crippen LogP contribution in [0.25, 0.3) is 53.6 Å². The molecule has 0 bridgehead atoms. The summed E-state index contributed by atoms with van der Waals surface area (Å²) < 4.78 is 2.04. The Labute approximate surface area is 244 Å². The molecule has 0 aliphatic rings. The molecule has 0 unspecified atom stereocenters. The van der Waals surface area contributed by atoms with Gasteiger partial charge in [-0.2, -0.15) is 0 Å². The Morgan fingerprint density at radius 2 is 1.05 bits per heavy atom. The van der Waals surface area contributed by atoms with E-state index in [2.05, 4.69) is 64.8 Å². The van der Waals surface area contributed by atoms with Gasteiger partial charge < -0.3 is 20.6 Å². The van der Waals surface area contributed by atoms with E-state index in [1.807, 2.05) is 48.5 Å². The molecule has 4 N–H and O–H groups in total. The van der Waals surface area contributed by atoms with Gasteiger partial charge >= 0.3 is 0 Å². The lowest BCUT2D eigenvalue weighted by Crippen LogP contribution is -1.90. The molecule has 0 aliphatic carbocycles. The van der Waals surface area contributed by atoms with Crippen molar-refractivity contribution >= 4 is 111 Å². The molecular weight excluding hydrogens is 583 g/mol. The summed E-state index contributed by atoms with van der Waals surface area (Å²) in [7, 11) is 0. The van der Waals surface area contributed by atoms with Crippen LogP contribution in [-0.2, 0) is 0 Å². The number of halogens is 2. The van der Waals surface area contributed by atoms with Crippen LogP contribution in [0.5, 0.6) is 0 Å². The molecule has 8 aromatic rings. The largest absolute Gasteiger partial charge is 0.324 e. The molecule has 194 valence electrons. The second-order valence-electron chi connectivity index (χ2n) is 9.10. The number of thiazole rings is 2. The lowest BCUT2D eigenvalue weighted by molar-refractivity contribution is 1.29. The third kappa shape index (κ3) is 4.13. The van der Waals surface area contributed by atoms with E-state index in [4.69, 9.17) is 23.2 Å². The van der Waals surface area contributed by atoms with Crippen molar-refractivity contribution in [2.24, 2.45) is 0 Å². The molecule has 0 atom stereocenters. The number of imidazole rings is 2. The molecule has 0 radical (unpaired) electrons. The van der Waals surface area contributed by atoms with Gasteiger partial charge in [0.2, 0.25) is 11.9 Å². The van der Waals surface area contributed by atoms with E-state index in [9.17, 15) is 0 Å². The maximum absolute atomic E-state index is 6.28. The number of aromatic nitrogens is 6. The van der Waals surface area contributed by atoms with Crippen LogP contribution >= 0.6 is 45.9 Å². The molecule has 0 spiro atoms. The second kappa shape index (κ2) is 9.17. The van der Waals surface area contributed by atoms with Gasteiger partial charge in [0.1, 0.15) is 11.0 Å². The Bertz CT molecular complexity index is 2070. The van der Waals surface area contributed by atoms with Crippen molar-refractivity contribution < 1.29 is 0 Å². The summed E-state index contributed by atoms with van der Waals surface area (Å²) in [6.07, 6.45) is 0. The quantitative estimate of drug-likeness (QED) is 0.157. The fourth-order valence-electron chi connectivity index (χ4n) is 4.64. The fraction of sp³-hybridized carbons (Fsp3) is 0. The minimum Gasteiger partial charge on any atom is -0.324 e. The van der Waals surface area contributed by atoms with Crippen molar-refractivity contribution in [1.82, 2.24) is 29.9 Å². The van der Waals surface area contributed by atoms with E-state index in [1.54, 1.807) is 0 Å². The average molecular weight is 600 g/mol. The van der Waals surface area contributed by atoms with E-state index in [-0.39, 0.29) is 0 Å². The lowest BCUT2D eigenvalue weighted by Gasteiger charge is -2.01. The highest BCUT2D eigenvalue weighted by Gasteiger charge is 2.12. The molecule has 8 rings (SSSR count). The van der Waals surface area contributed by atoms with Crippen LogP contribution < -0.4 is 10.6 Å². The third-order valence-corrected chi connectivity index (χ3v) is 8.97. The minimum absolute atomic E-state index is 0.623. The summed E-state index contributed by atoms with van der Waals surface area (Å²) in [6, 6.07) is 23.8. The van der Waals surface area contributed by atoms with Gasteiger partial charge in [0, 0.05) is 0 Å². The number of aromatic amines is 2. The van der Waals surface area contributed by atoms with Crippen molar-refractivity contribution in [2.75, 3.05) is 10.6 Å². The van der Waals surface area contributed by atoms with Gasteiger partial charge in [-0.15, -0.1) is 0 Å². The van der Waals surface area contributed by atoms with Crippen molar-refractivity contribution in [1.29, 1.82) is 0 Å². The maximum atomic E-state index is 6.28. The second-order valence-corrected chi connectivity index (χ2v) is 12.0. The SMILES string of the molecule is Clc1cccc2sc(Nc3nc4ccc(-c5ccc6nc(Nc7nc8c(Cl)cccc8s7)[nH]c6c5)cc4[nH]3)nc12. The molecule has 4 aromatic carbocycles. The zero-order valence-electron chi connectivity index (χ0n) is 20.3. The standard InChI is InChI=1S/C28H16Cl2N8S2/c29-15-3-1-5-21-23(15)35-27(39-21)37-25-31-17-9-7-13(11-19(17)33-25)14-8-10-18-20(12-14)34-26(32-18)38-28-36-24-16(30)4-2-6-22(24)40-28/h1-12H,(H2,31,33,35,37)(H2,32,34,36,38). The summed E-state index contributed by atoms with van der Waals surface area (Å²) in [4.78, 5) is 25.3. The predicted octanol–water partition coefficient (Wildman–Crippen LogP) is 9.12. The van der Waals surface area contributed by atoms with Crippen molar-refractivity contribution in [3.8, 4) is 11.1 Å². The van der Waals surface area contributed by atoms with Crippen LogP contribution in [0.2, 0.25) is 10.0 Å². The number of fused-ring (bicyclic) bond motifs is 4. The maximum Gasteiger partial charge on any atom is 0.207 e. The molecule has 0 fully saturated rings. The van der Waals surface area contributed by atoms with Gasteiger partial charge in [0.15, 0.2) is 10.3 Å². The number of hydrogen-bond donors (Lipinski definition) is 4. The molecule has 0 saturated carbocycles. The Morgan fingerprint density at radius 1 is 0.575 bits per heavy atom. The molecule has 4 aromatic heterocycles. The van der Waals surface area contributed by atoms with Crippen molar-refractivity contribution in [3.63, 3.8) is 0 Å². The van der Waals surface area contributed by atoms with Crippen LogP contribution in [0, 0.1) is 0 Å². The van der Waals surface area contributed by atoms with E-state index in [0.29, 0.717) is 21.9 Å². The summed E-state index contributed by atoms with van der Waals surface area (Å²) in [5, 5.41) is 9.28. The topological polar surface area (TPSA) is 107 Å². The van der Waals surface area contributed by atoms with Crippen LogP contribution in [0.3, 0.4) is 0 Å². The number of anilines is 4. The minimum atomic E-state index is 0.623. The van der Waals surface area contributed by atoms with Gasteiger partial charge in [-0.1, -0.05) is 70.1 Å². The molecule has 0 saturated heterocycles. The van der Waals surface area contributed by atoms with E-state index < -0.39 is 0 Å². The molecule has 0 aliphatic heterocycles. The van der Waals surface area contributed by atoms with Gasteiger partial charge in [0.25, 0.3) is 0 Å². The van der Waals surface area contributed by atoms with E-state index in [1.165, 1.54) is 22.7 Å². The first-order valence-electron chi connectivity index (χ1n) is 12.2. The van der Waals surface area contributed by atoms with Crippen LogP contribution in [-0.4, -0.2) is 29.9 Å². The summed E-state index contributed by atoms with van der Waals surface area (Å²) in [6.45, 7) is 0. The van der Waals surface area contributed by atoms with Crippen LogP contribution in [0.4, 0.5) is 22.2 Å². The number of H-pyrrole nitrogens is 2. The predicted molar refractivity (Wildman–Crippen MR) is 167 cm³/mol. The highest BCUT2D eigenvalue weighted by molar-refractivity contribution is 7.22. The monoisotopic (exact) mass is 598 g/mol. The van der Waals surface area contributed by atoms with Crippen LogP contribution in [0.15, 0.2) is 72.8 Å². The van der Waals surface area contributed by atoms with Crippen molar-refractivity contribution in [3.05, 3.63) is 82.8 Å². The number of nitrogens with one attached hydrogen (secondary N) is 4. The Kier molecular flexibility index (Phi) is 5.42. The number of para-hydroxylation sites is 2. The fourth-order valence-corrected chi connectivity index (χ4v) is 6.97. The zero-order chi connectivity index (χ0) is 26.8. The summed E-state index contributed by atoms with van der Waals surface area (Å²) in [5.74, 6) is 1.25. The summed E-state index contributed by atoms with van der Waals surface area (Å²) >= 11 is 15.6. The molecule has 8 nitrogen and oxygen atoms in total. The lowest BCUT2D eigenvalue weighted by atomic mass is 10.0.